The molecule has 0 saturated heterocycles. The summed E-state index contributed by atoms with van der Waals surface area (Å²) in [5.41, 5.74) is 2.14. The third kappa shape index (κ3) is 3.51. The van der Waals surface area contributed by atoms with Crippen LogP contribution in [0.2, 0.25) is 0 Å². The number of pyridine rings is 1. The molecule has 0 fully saturated rings. The summed E-state index contributed by atoms with van der Waals surface area (Å²) in [4.78, 5) is 18.9. The molecule has 0 radical (unpaired) electrons. The molecule has 0 aliphatic carbocycles. The molecule has 6 nitrogen and oxygen atoms in total. The first-order valence-electron chi connectivity index (χ1n) is 8.73. The zero-order chi connectivity index (χ0) is 18.8. The quantitative estimate of drug-likeness (QED) is 0.711. The Balaban J connectivity index is 1.52. The highest BCUT2D eigenvalue weighted by Gasteiger charge is 2.17. The monoisotopic (exact) mass is 364 g/mol. The maximum Gasteiger partial charge on any atom is 0.272 e. The molecule has 3 aromatic rings. The van der Waals surface area contributed by atoms with E-state index in [1.54, 1.807) is 25.1 Å². The van der Waals surface area contributed by atoms with E-state index in [-0.39, 0.29) is 5.91 Å². The van der Waals surface area contributed by atoms with Gasteiger partial charge in [-0.1, -0.05) is 12.1 Å². The number of ether oxygens (including phenoxy) is 3. The maximum atomic E-state index is 12.8. The Morgan fingerprint density at radius 1 is 1.07 bits per heavy atom. The van der Waals surface area contributed by atoms with Gasteiger partial charge >= 0.3 is 0 Å². The molecule has 1 amide bonds. The first kappa shape index (κ1) is 17.1. The number of hydrogen-bond acceptors (Lipinski definition) is 5. The summed E-state index contributed by atoms with van der Waals surface area (Å²) < 4.78 is 16.4. The number of benzene rings is 2. The largest absolute Gasteiger partial charge is 0.497 e. The Morgan fingerprint density at radius 2 is 1.89 bits per heavy atom. The molecule has 0 atom stereocenters. The Bertz CT molecular complexity index is 1000. The molecular formula is C21H20N2O4. The fourth-order valence-corrected chi connectivity index (χ4v) is 3.08. The van der Waals surface area contributed by atoms with Gasteiger partial charge in [-0.3, -0.25) is 4.79 Å². The minimum Gasteiger partial charge on any atom is -0.497 e. The van der Waals surface area contributed by atoms with E-state index in [9.17, 15) is 4.79 Å². The van der Waals surface area contributed by atoms with Crippen LogP contribution < -0.4 is 14.2 Å². The third-order valence-electron chi connectivity index (χ3n) is 4.49. The summed E-state index contributed by atoms with van der Waals surface area (Å²) in [7, 11) is 3.39. The van der Waals surface area contributed by atoms with Gasteiger partial charge in [-0.25, -0.2) is 4.98 Å². The summed E-state index contributed by atoms with van der Waals surface area (Å²) in [6.07, 6.45) is 0. The van der Waals surface area contributed by atoms with Crippen LogP contribution in [-0.4, -0.2) is 43.2 Å². The normalized spacial score (nSPS) is 12.7. The van der Waals surface area contributed by atoms with E-state index in [0.29, 0.717) is 25.5 Å². The first-order valence-corrected chi connectivity index (χ1v) is 8.73. The van der Waals surface area contributed by atoms with Crippen molar-refractivity contribution in [2.24, 2.45) is 0 Å². The van der Waals surface area contributed by atoms with E-state index in [1.165, 1.54) is 0 Å². The second-order valence-electron chi connectivity index (χ2n) is 6.39. The Morgan fingerprint density at radius 3 is 2.70 bits per heavy atom. The Hall–Kier alpha value is -3.28. The standard InChI is InChI=1S/C21H20N2O4/c1-23(13-14-3-8-19-20(11-14)27-10-9-26-19)21(24)18-6-4-15-12-16(25-2)5-7-17(15)22-18/h3-8,11-12H,9-10,13H2,1-2H3. The lowest BCUT2D eigenvalue weighted by atomic mass is 10.1. The summed E-state index contributed by atoms with van der Waals surface area (Å²) in [6.45, 7) is 1.55. The average Bonchev–Trinajstić information content (AvgIpc) is 2.72. The van der Waals surface area contributed by atoms with Crippen molar-refractivity contribution in [1.29, 1.82) is 0 Å². The van der Waals surface area contributed by atoms with Gasteiger partial charge in [0, 0.05) is 19.0 Å². The van der Waals surface area contributed by atoms with Crippen LogP contribution in [0.1, 0.15) is 16.1 Å². The van der Waals surface area contributed by atoms with Crippen LogP contribution >= 0.6 is 0 Å². The van der Waals surface area contributed by atoms with Crippen molar-refractivity contribution in [1.82, 2.24) is 9.88 Å². The van der Waals surface area contributed by atoms with Crippen LogP contribution in [0.25, 0.3) is 10.9 Å². The van der Waals surface area contributed by atoms with Gasteiger partial charge in [0.1, 0.15) is 24.7 Å². The molecule has 2 aromatic carbocycles. The molecule has 138 valence electrons. The van der Waals surface area contributed by atoms with E-state index in [4.69, 9.17) is 14.2 Å². The van der Waals surface area contributed by atoms with Gasteiger partial charge in [-0.15, -0.1) is 0 Å². The molecule has 27 heavy (non-hydrogen) atoms. The number of aromatic nitrogens is 1. The molecule has 6 heteroatoms. The van der Waals surface area contributed by atoms with Crippen molar-refractivity contribution >= 4 is 16.8 Å². The topological polar surface area (TPSA) is 60.9 Å². The number of hydrogen-bond donors (Lipinski definition) is 0. The highest BCUT2D eigenvalue weighted by molar-refractivity contribution is 5.95. The minimum atomic E-state index is -0.136. The van der Waals surface area contributed by atoms with Crippen molar-refractivity contribution in [3.05, 3.63) is 59.8 Å². The van der Waals surface area contributed by atoms with E-state index >= 15 is 0 Å². The van der Waals surface area contributed by atoms with Crippen LogP contribution in [0.4, 0.5) is 0 Å². The summed E-state index contributed by atoms with van der Waals surface area (Å²) in [6, 6.07) is 14.9. The fraction of sp³-hybridized carbons (Fsp3) is 0.238. The lowest BCUT2D eigenvalue weighted by Gasteiger charge is -2.21. The number of amides is 1. The van der Waals surface area contributed by atoms with Gasteiger partial charge in [-0.2, -0.15) is 0 Å². The molecular weight excluding hydrogens is 344 g/mol. The van der Waals surface area contributed by atoms with E-state index in [2.05, 4.69) is 4.98 Å². The van der Waals surface area contributed by atoms with Gasteiger partial charge in [0.05, 0.1) is 12.6 Å². The number of nitrogens with zero attached hydrogens (tertiary/aromatic N) is 2. The molecule has 2 heterocycles. The SMILES string of the molecule is COc1ccc2nc(C(=O)N(C)Cc3ccc4c(c3)OCCO4)ccc2c1. The smallest absolute Gasteiger partial charge is 0.272 e. The second-order valence-corrected chi connectivity index (χ2v) is 6.39. The zero-order valence-corrected chi connectivity index (χ0v) is 15.3. The lowest BCUT2D eigenvalue weighted by molar-refractivity contribution is 0.0779. The molecule has 1 aromatic heterocycles. The summed E-state index contributed by atoms with van der Waals surface area (Å²) in [5, 5.41) is 0.931. The van der Waals surface area contributed by atoms with Gasteiger partial charge in [0.25, 0.3) is 5.91 Å². The highest BCUT2D eigenvalue weighted by Crippen LogP contribution is 2.31. The van der Waals surface area contributed by atoms with E-state index in [0.717, 1.165) is 33.7 Å². The number of methoxy groups -OCH3 is 1. The molecule has 0 unspecified atom stereocenters. The highest BCUT2D eigenvalue weighted by atomic mass is 16.6. The van der Waals surface area contributed by atoms with Crippen LogP contribution in [0.3, 0.4) is 0 Å². The fourth-order valence-electron chi connectivity index (χ4n) is 3.08. The van der Waals surface area contributed by atoms with Crippen LogP contribution in [0.15, 0.2) is 48.5 Å². The third-order valence-corrected chi connectivity index (χ3v) is 4.49. The van der Waals surface area contributed by atoms with Crippen molar-refractivity contribution in [2.75, 3.05) is 27.4 Å². The van der Waals surface area contributed by atoms with Gasteiger partial charge in [-0.05, 0) is 42.0 Å². The molecule has 4 rings (SSSR count). The predicted octanol–water partition coefficient (Wildman–Crippen LogP) is 3.29. The van der Waals surface area contributed by atoms with Crippen molar-refractivity contribution < 1.29 is 19.0 Å². The van der Waals surface area contributed by atoms with Crippen molar-refractivity contribution in [2.45, 2.75) is 6.54 Å². The van der Waals surface area contributed by atoms with Gasteiger partial charge in [0.2, 0.25) is 0 Å². The molecule has 0 spiro atoms. The van der Waals surface area contributed by atoms with Crippen LogP contribution in [0, 0.1) is 0 Å². The van der Waals surface area contributed by atoms with Gasteiger partial charge < -0.3 is 19.1 Å². The predicted molar refractivity (Wildman–Crippen MR) is 102 cm³/mol. The number of carbonyl (C=O) groups excluding carboxylic acids is 1. The Labute approximate surface area is 157 Å². The van der Waals surface area contributed by atoms with E-state index < -0.39 is 0 Å². The minimum absolute atomic E-state index is 0.136. The van der Waals surface area contributed by atoms with Gasteiger partial charge in [0.15, 0.2) is 11.5 Å². The maximum absolute atomic E-state index is 12.8. The molecule has 1 aliphatic heterocycles. The number of fused-ring (bicyclic) bond motifs is 2. The van der Waals surface area contributed by atoms with Crippen molar-refractivity contribution in [3.8, 4) is 17.2 Å². The number of rotatable bonds is 4. The first-order chi connectivity index (χ1) is 13.1. The molecule has 1 aliphatic rings. The molecule has 0 N–H and O–H groups in total. The summed E-state index contributed by atoms with van der Waals surface area (Å²) in [5.74, 6) is 2.09. The zero-order valence-electron chi connectivity index (χ0n) is 15.3. The molecule has 0 saturated carbocycles. The Kier molecular flexibility index (Phi) is 4.54. The lowest BCUT2D eigenvalue weighted by Crippen LogP contribution is -2.27. The van der Waals surface area contributed by atoms with Crippen LogP contribution in [0.5, 0.6) is 17.2 Å². The molecule has 0 bridgehead atoms. The van der Waals surface area contributed by atoms with Crippen molar-refractivity contribution in [3.63, 3.8) is 0 Å². The summed E-state index contributed by atoms with van der Waals surface area (Å²) >= 11 is 0. The average molecular weight is 364 g/mol. The van der Waals surface area contributed by atoms with Crippen LogP contribution in [-0.2, 0) is 6.54 Å². The number of carbonyl (C=O) groups is 1. The van der Waals surface area contributed by atoms with E-state index in [1.807, 2.05) is 42.5 Å². The second kappa shape index (κ2) is 7.15.